The Balaban J connectivity index is 3.88. The van der Waals surface area contributed by atoms with Crippen molar-refractivity contribution >= 4 is 19.8 Å². The third-order valence-electron chi connectivity index (χ3n) is 13.2. The lowest BCUT2D eigenvalue weighted by molar-refractivity contribution is -0.161. The molecule has 0 aromatic carbocycles. The van der Waals surface area contributed by atoms with Crippen molar-refractivity contribution in [1.82, 2.24) is 0 Å². The van der Waals surface area contributed by atoms with Crippen LogP contribution in [0.15, 0.2) is 60.8 Å². The lowest BCUT2D eigenvalue weighted by atomic mass is 10.0. The van der Waals surface area contributed by atoms with Gasteiger partial charge < -0.3 is 20.1 Å². The number of esters is 2. The van der Waals surface area contributed by atoms with E-state index in [1.807, 2.05) is 0 Å². The topological polar surface area (TPSA) is 134 Å². The second kappa shape index (κ2) is 58.0. The maximum absolute atomic E-state index is 12.7. The van der Waals surface area contributed by atoms with Crippen LogP contribution in [0.4, 0.5) is 0 Å². The zero-order chi connectivity index (χ0) is 52.4. The molecule has 0 aliphatic carbocycles. The summed E-state index contributed by atoms with van der Waals surface area (Å²) >= 11 is 0. The number of rotatable bonds is 57. The number of phosphoric ester groups is 1. The van der Waals surface area contributed by atoms with Gasteiger partial charge in [0.2, 0.25) is 0 Å². The summed E-state index contributed by atoms with van der Waals surface area (Å²) in [5.41, 5.74) is 5.38. The third-order valence-corrected chi connectivity index (χ3v) is 14.2. The number of unbranched alkanes of at least 4 members (excludes halogenated alkanes) is 34. The van der Waals surface area contributed by atoms with Crippen LogP contribution >= 0.6 is 7.82 Å². The molecule has 0 aliphatic heterocycles. The van der Waals surface area contributed by atoms with Crippen molar-refractivity contribution < 1.29 is 37.6 Å². The van der Waals surface area contributed by atoms with Gasteiger partial charge in [0.15, 0.2) is 6.10 Å². The molecule has 0 aromatic rings. The number of phosphoric acid groups is 1. The summed E-state index contributed by atoms with van der Waals surface area (Å²) in [7, 11) is -4.39. The smallest absolute Gasteiger partial charge is 0.462 e. The van der Waals surface area contributed by atoms with E-state index in [1.165, 1.54) is 186 Å². The van der Waals surface area contributed by atoms with Crippen LogP contribution in [-0.2, 0) is 32.7 Å². The maximum atomic E-state index is 12.7. The van der Waals surface area contributed by atoms with E-state index in [-0.39, 0.29) is 38.6 Å². The summed E-state index contributed by atoms with van der Waals surface area (Å²) in [6.45, 7) is 3.68. The molecule has 3 N–H and O–H groups in total. The van der Waals surface area contributed by atoms with Gasteiger partial charge in [-0.15, -0.1) is 0 Å². The van der Waals surface area contributed by atoms with Crippen LogP contribution in [0.2, 0.25) is 0 Å². The van der Waals surface area contributed by atoms with E-state index in [0.717, 1.165) is 70.6 Å². The van der Waals surface area contributed by atoms with Gasteiger partial charge in [0.05, 0.1) is 13.2 Å². The van der Waals surface area contributed by atoms with E-state index < -0.39 is 26.5 Å². The fraction of sp³-hybridized carbons (Fsp3) is 0.806. The lowest BCUT2D eigenvalue weighted by Gasteiger charge is -2.19. The number of hydrogen-bond donors (Lipinski definition) is 2. The highest BCUT2D eigenvalue weighted by molar-refractivity contribution is 7.47. The predicted molar refractivity (Wildman–Crippen MR) is 307 cm³/mol. The molecule has 0 fully saturated rings. The van der Waals surface area contributed by atoms with Crippen molar-refractivity contribution in [1.29, 1.82) is 0 Å². The second-order valence-electron chi connectivity index (χ2n) is 20.2. The highest BCUT2D eigenvalue weighted by atomic mass is 31.2. The van der Waals surface area contributed by atoms with Crippen molar-refractivity contribution in [2.24, 2.45) is 5.73 Å². The molecule has 0 heterocycles. The number of carbonyl (C=O) groups is 2. The zero-order valence-corrected chi connectivity index (χ0v) is 47.8. The molecule has 0 rings (SSSR count). The Morgan fingerprint density at radius 2 is 0.764 bits per heavy atom. The standard InChI is InChI=1S/C62H114NO8P/c1-3-5-7-9-11-13-15-17-19-21-23-24-25-26-27-28-29-30-31-32-33-34-35-36-37-39-41-43-45-47-49-51-53-55-62(65)71-60(59-70-72(66,67)69-57-56-63)58-68-61(64)54-52-50-48-46-44-42-40-38-22-20-18-16-14-12-10-8-6-4-2/h5,7,11,13,17,19,23-24,26-27,60H,3-4,6,8-10,12,14-16,18,20-22,25,28-59,63H2,1-2H3,(H,66,67)/b7-5-,13-11-,19-17-,24-23-,27-26-. The molecule has 0 saturated carbocycles. The minimum atomic E-state index is -4.39. The normalized spacial score (nSPS) is 13.4. The first kappa shape index (κ1) is 69.7. The van der Waals surface area contributed by atoms with Gasteiger partial charge in [0, 0.05) is 19.4 Å². The Bertz CT molecular complexity index is 1360. The minimum absolute atomic E-state index is 0.0545. The molecule has 2 unspecified atom stereocenters. The summed E-state index contributed by atoms with van der Waals surface area (Å²) in [6.07, 6.45) is 72.9. The number of nitrogens with two attached hydrogens (primary N) is 1. The van der Waals surface area contributed by atoms with E-state index >= 15 is 0 Å². The maximum Gasteiger partial charge on any atom is 0.472 e. The highest BCUT2D eigenvalue weighted by Gasteiger charge is 2.26. The number of hydrogen-bond acceptors (Lipinski definition) is 8. The first-order valence-corrected chi connectivity index (χ1v) is 31.8. The number of carbonyl (C=O) groups excluding carboxylic acids is 2. The molecule has 0 bridgehead atoms. The molecular weight excluding hydrogens is 918 g/mol. The number of ether oxygens (including phenoxy) is 2. The molecule has 0 spiro atoms. The van der Waals surface area contributed by atoms with E-state index in [2.05, 4.69) is 74.6 Å². The van der Waals surface area contributed by atoms with Crippen molar-refractivity contribution in [3.05, 3.63) is 60.8 Å². The van der Waals surface area contributed by atoms with E-state index in [4.69, 9.17) is 24.3 Å². The first-order valence-electron chi connectivity index (χ1n) is 30.3. The summed E-state index contributed by atoms with van der Waals surface area (Å²) in [6, 6.07) is 0. The second-order valence-corrected chi connectivity index (χ2v) is 21.7. The third kappa shape index (κ3) is 57.0. The van der Waals surface area contributed by atoms with Crippen LogP contribution in [0.5, 0.6) is 0 Å². The van der Waals surface area contributed by atoms with E-state index in [0.29, 0.717) is 6.42 Å². The Labute approximate surface area is 444 Å². The zero-order valence-electron chi connectivity index (χ0n) is 46.9. The summed E-state index contributed by atoms with van der Waals surface area (Å²) in [5.74, 6) is -0.813. The van der Waals surface area contributed by atoms with Crippen LogP contribution in [0.1, 0.15) is 290 Å². The predicted octanol–water partition coefficient (Wildman–Crippen LogP) is 19.1. The fourth-order valence-electron chi connectivity index (χ4n) is 8.72. The van der Waals surface area contributed by atoms with Gasteiger partial charge in [-0.1, -0.05) is 280 Å². The highest BCUT2D eigenvalue weighted by Crippen LogP contribution is 2.43. The van der Waals surface area contributed by atoms with Gasteiger partial charge in [-0.3, -0.25) is 18.6 Å². The van der Waals surface area contributed by atoms with Crippen LogP contribution < -0.4 is 5.73 Å². The van der Waals surface area contributed by atoms with E-state index in [9.17, 15) is 19.0 Å². The van der Waals surface area contributed by atoms with Crippen LogP contribution in [0, 0.1) is 0 Å². The quantitative estimate of drug-likeness (QED) is 0.0264. The molecule has 2 atom stereocenters. The molecule has 0 saturated heterocycles. The average Bonchev–Trinajstić information content (AvgIpc) is 3.37. The van der Waals surface area contributed by atoms with Crippen molar-refractivity contribution in [3.8, 4) is 0 Å². The molecule has 72 heavy (non-hydrogen) atoms. The Morgan fingerprint density at radius 1 is 0.431 bits per heavy atom. The largest absolute Gasteiger partial charge is 0.472 e. The molecule has 10 heteroatoms. The lowest BCUT2D eigenvalue weighted by Crippen LogP contribution is -2.29. The number of allylic oxidation sites excluding steroid dienone is 10. The van der Waals surface area contributed by atoms with Gasteiger partial charge in [0.25, 0.3) is 0 Å². The monoisotopic (exact) mass is 1030 g/mol. The molecule has 0 amide bonds. The first-order chi connectivity index (χ1) is 35.3. The molecule has 0 aliphatic rings. The van der Waals surface area contributed by atoms with Gasteiger partial charge in [0.1, 0.15) is 6.61 Å². The van der Waals surface area contributed by atoms with E-state index in [1.54, 1.807) is 0 Å². The Hall–Kier alpha value is -2.29. The molecule has 420 valence electrons. The Morgan fingerprint density at radius 3 is 1.14 bits per heavy atom. The van der Waals surface area contributed by atoms with Crippen molar-refractivity contribution in [2.45, 2.75) is 296 Å². The molecule has 0 radical (unpaired) electrons. The average molecular weight is 1030 g/mol. The van der Waals surface area contributed by atoms with Gasteiger partial charge in [-0.25, -0.2) is 4.57 Å². The van der Waals surface area contributed by atoms with Crippen LogP contribution in [0.3, 0.4) is 0 Å². The molecule has 9 nitrogen and oxygen atoms in total. The van der Waals surface area contributed by atoms with Crippen LogP contribution in [-0.4, -0.2) is 49.3 Å². The molecule has 0 aromatic heterocycles. The van der Waals surface area contributed by atoms with Crippen molar-refractivity contribution in [2.75, 3.05) is 26.4 Å². The SMILES string of the molecule is CC/C=C\C/C=C\C/C=C\C/C=C\C/C=C\CCCCCCCCCCCCCCCCCCCC(=O)OC(COC(=O)CCCCCCCCCCCCCCCCCCCC)COP(=O)(O)OCCN. The van der Waals surface area contributed by atoms with Crippen LogP contribution in [0.25, 0.3) is 0 Å². The Kier molecular flexibility index (Phi) is 56.1. The minimum Gasteiger partial charge on any atom is -0.462 e. The van der Waals surface area contributed by atoms with Crippen molar-refractivity contribution in [3.63, 3.8) is 0 Å². The summed E-state index contributed by atoms with van der Waals surface area (Å²) in [4.78, 5) is 35.2. The van der Waals surface area contributed by atoms with Gasteiger partial charge in [-0.05, 0) is 57.8 Å². The van der Waals surface area contributed by atoms with Gasteiger partial charge >= 0.3 is 19.8 Å². The summed E-state index contributed by atoms with van der Waals surface area (Å²) in [5, 5.41) is 0. The summed E-state index contributed by atoms with van der Waals surface area (Å²) < 4.78 is 33.1. The van der Waals surface area contributed by atoms with Gasteiger partial charge in [-0.2, -0.15) is 0 Å². The fourth-order valence-corrected chi connectivity index (χ4v) is 9.49. The molecular formula is C62H114NO8P.